The highest BCUT2D eigenvalue weighted by Gasteiger charge is 2.24. The van der Waals surface area contributed by atoms with Crippen molar-refractivity contribution in [1.29, 1.82) is 0 Å². The molecular formula is C12H18ClFN2O2S. The average Bonchev–Trinajstić information content (AvgIpc) is 2.33. The number of rotatable bonds is 3. The molecule has 0 radical (unpaired) electrons. The highest BCUT2D eigenvalue weighted by molar-refractivity contribution is 7.89. The van der Waals surface area contributed by atoms with E-state index in [1.807, 2.05) is 0 Å². The van der Waals surface area contributed by atoms with E-state index in [0.717, 1.165) is 19.4 Å². The monoisotopic (exact) mass is 308 g/mol. The van der Waals surface area contributed by atoms with Crippen LogP contribution in [0.3, 0.4) is 0 Å². The van der Waals surface area contributed by atoms with E-state index in [4.69, 9.17) is 0 Å². The number of benzene rings is 1. The van der Waals surface area contributed by atoms with Gasteiger partial charge in [-0.1, -0.05) is 12.1 Å². The molecule has 1 aromatic rings. The predicted octanol–water partition coefficient (Wildman–Crippen LogP) is 1.59. The molecule has 108 valence electrons. The number of piperidine rings is 1. The van der Waals surface area contributed by atoms with Gasteiger partial charge in [-0.2, -0.15) is 0 Å². The van der Waals surface area contributed by atoms with Crippen LogP contribution in [0.4, 0.5) is 4.39 Å². The molecule has 7 heteroatoms. The number of hydrogen-bond donors (Lipinski definition) is 2. The lowest BCUT2D eigenvalue weighted by molar-refractivity contribution is 0.427. The number of halogens is 2. The molecule has 1 aliphatic heterocycles. The van der Waals surface area contributed by atoms with Crippen LogP contribution in [-0.4, -0.2) is 27.5 Å². The first-order valence-corrected chi connectivity index (χ1v) is 7.47. The van der Waals surface area contributed by atoms with Gasteiger partial charge in [-0.15, -0.1) is 12.4 Å². The van der Waals surface area contributed by atoms with E-state index in [1.54, 1.807) is 19.1 Å². The lowest BCUT2D eigenvalue weighted by Crippen LogP contribution is -2.45. The van der Waals surface area contributed by atoms with Crippen molar-refractivity contribution in [3.05, 3.63) is 29.6 Å². The Bertz CT molecular complexity index is 531. The van der Waals surface area contributed by atoms with E-state index in [2.05, 4.69) is 10.0 Å². The fraction of sp³-hybridized carbons (Fsp3) is 0.500. The van der Waals surface area contributed by atoms with Gasteiger partial charge in [0.05, 0.1) is 0 Å². The first kappa shape index (κ1) is 16.4. The highest BCUT2D eigenvalue weighted by Crippen LogP contribution is 2.18. The second-order valence-corrected chi connectivity index (χ2v) is 6.23. The topological polar surface area (TPSA) is 58.2 Å². The third kappa shape index (κ3) is 3.89. The summed E-state index contributed by atoms with van der Waals surface area (Å²) < 4.78 is 40.6. The Morgan fingerprint density at radius 1 is 1.42 bits per heavy atom. The molecule has 0 saturated carbocycles. The summed E-state index contributed by atoms with van der Waals surface area (Å²) in [5.74, 6) is -0.672. The molecule has 0 spiro atoms. The molecule has 1 fully saturated rings. The van der Waals surface area contributed by atoms with Gasteiger partial charge in [0.25, 0.3) is 0 Å². The van der Waals surface area contributed by atoms with E-state index in [1.165, 1.54) is 6.07 Å². The Hall–Kier alpha value is -0.690. The minimum atomic E-state index is -3.78. The van der Waals surface area contributed by atoms with Crippen LogP contribution >= 0.6 is 12.4 Å². The summed E-state index contributed by atoms with van der Waals surface area (Å²) in [6.45, 7) is 3.04. The Kier molecular flexibility index (Phi) is 5.73. The summed E-state index contributed by atoms with van der Waals surface area (Å²) in [5, 5.41) is 3.11. The molecule has 0 aromatic heterocycles. The number of nitrogens with one attached hydrogen (secondary N) is 2. The van der Waals surface area contributed by atoms with Crippen molar-refractivity contribution >= 4 is 22.4 Å². The van der Waals surface area contributed by atoms with Crippen molar-refractivity contribution in [1.82, 2.24) is 10.0 Å². The Morgan fingerprint density at radius 2 is 2.16 bits per heavy atom. The summed E-state index contributed by atoms with van der Waals surface area (Å²) in [7, 11) is -3.78. The molecule has 1 aromatic carbocycles. The summed E-state index contributed by atoms with van der Waals surface area (Å²) in [4.78, 5) is -0.270. The number of sulfonamides is 1. The van der Waals surface area contributed by atoms with E-state index in [9.17, 15) is 12.8 Å². The van der Waals surface area contributed by atoms with Crippen LogP contribution in [0.15, 0.2) is 23.1 Å². The Morgan fingerprint density at radius 3 is 2.79 bits per heavy atom. The van der Waals surface area contributed by atoms with Crippen LogP contribution in [0.5, 0.6) is 0 Å². The fourth-order valence-corrected chi connectivity index (χ4v) is 3.48. The lowest BCUT2D eigenvalue weighted by Gasteiger charge is -2.23. The largest absolute Gasteiger partial charge is 0.315 e. The highest BCUT2D eigenvalue weighted by atomic mass is 35.5. The van der Waals surface area contributed by atoms with Gasteiger partial charge in [0.15, 0.2) is 0 Å². The van der Waals surface area contributed by atoms with Gasteiger partial charge >= 0.3 is 0 Å². The minimum absolute atomic E-state index is 0. The van der Waals surface area contributed by atoms with Crippen LogP contribution in [0.25, 0.3) is 0 Å². The normalized spacial score (nSPS) is 19.8. The molecule has 2 rings (SSSR count). The number of aryl methyl sites for hydroxylation is 1. The van der Waals surface area contributed by atoms with Crippen molar-refractivity contribution < 1.29 is 12.8 Å². The molecule has 1 saturated heterocycles. The van der Waals surface area contributed by atoms with Crippen molar-refractivity contribution in [2.75, 3.05) is 13.1 Å². The van der Waals surface area contributed by atoms with Crippen LogP contribution in [0.2, 0.25) is 0 Å². The summed E-state index contributed by atoms with van der Waals surface area (Å²) in [6, 6.07) is 4.23. The van der Waals surface area contributed by atoms with Crippen molar-refractivity contribution in [2.24, 2.45) is 0 Å². The lowest BCUT2D eigenvalue weighted by atomic mass is 10.1. The van der Waals surface area contributed by atoms with Gasteiger partial charge in [-0.3, -0.25) is 0 Å². The van der Waals surface area contributed by atoms with Crippen molar-refractivity contribution in [2.45, 2.75) is 30.7 Å². The molecule has 1 aliphatic rings. The number of hydrogen-bond acceptors (Lipinski definition) is 3. The minimum Gasteiger partial charge on any atom is -0.315 e. The standard InChI is InChI=1S/C12H17FN2O2S.ClH/c1-9-4-2-6-11(12(9)13)18(16,17)15-10-5-3-7-14-8-10;/h2,4,6,10,14-15H,3,5,7-8H2,1H3;1H. The zero-order chi connectivity index (χ0) is 13.2. The van der Waals surface area contributed by atoms with Gasteiger partial charge in [0, 0.05) is 12.6 Å². The molecule has 1 heterocycles. The summed E-state index contributed by atoms with van der Waals surface area (Å²) in [5.41, 5.74) is 0.333. The molecular weight excluding hydrogens is 291 g/mol. The maximum atomic E-state index is 13.8. The summed E-state index contributed by atoms with van der Waals surface area (Å²) in [6.07, 6.45) is 1.70. The van der Waals surface area contributed by atoms with Crippen LogP contribution in [0, 0.1) is 12.7 Å². The predicted molar refractivity (Wildman–Crippen MR) is 74.6 cm³/mol. The smallest absolute Gasteiger partial charge is 0.243 e. The quantitative estimate of drug-likeness (QED) is 0.891. The van der Waals surface area contributed by atoms with Crippen LogP contribution in [-0.2, 0) is 10.0 Å². The molecule has 0 bridgehead atoms. The summed E-state index contributed by atoms with van der Waals surface area (Å²) >= 11 is 0. The van der Waals surface area contributed by atoms with E-state index in [-0.39, 0.29) is 23.3 Å². The van der Waals surface area contributed by atoms with Crippen LogP contribution in [0.1, 0.15) is 18.4 Å². The molecule has 1 atom stereocenters. The third-order valence-corrected chi connectivity index (χ3v) is 4.60. The molecule has 0 aliphatic carbocycles. The zero-order valence-electron chi connectivity index (χ0n) is 10.6. The molecule has 0 amide bonds. The van der Waals surface area contributed by atoms with E-state index in [0.29, 0.717) is 12.1 Å². The molecule has 1 unspecified atom stereocenters. The van der Waals surface area contributed by atoms with Crippen molar-refractivity contribution in [3.63, 3.8) is 0 Å². The van der Waals surface area contributed by atoms with E-state index >= 15 is 0 Å². The second kappa shape index (κ2) is 6.65. The fourth-order valence-electron chi connectivity index (χ4n) is 2.06. The van der Waals surface area contributed by atoms with Gasteiger partial charge in [0.2, 0.25) is 10.0 Å². The molecule has 19 heavy (non-hydrogen) atoms. The van der Waals surface area contributed by atoms with Gasteiger partial charge in [-0.05, 0) is 37.9 Å². The Balaban J connectivity index is 0.00000180. The van der Waals surface area contributed by atoms with Gasteiger partial charge in [0.1, 0.15) is 10.7 Å². The van der Waals surface area contributed by atoms with Crippen molar-refractivity contribution in [3.8, 4) is 0 Å². The van der Waals surface area contributed by atoms with E-state index < -0.39 is 15.8 Å². The molecule has 4 nitrogen and oxygen atoms in total. The maximum absolute atomic E-state index is 13.8. The first-order valence-electron chi connectivity index (χ1n) is 5.99. The average molecular weight is 309 g/mol. The second-order valence-electron chi connectivity index (χ2n) is 4.55. The van der Waals surface area contributed by atoms with Crippen LogP contribution < -0.4 is 10.0 Å². The first-order chi connectivity index (χ1) is 8.50. The zero-order valence-corrected chi connectivity index (χ0v) is 12.3. The maximum Gasteiger partial charge on any atom is 0.243 e. The third-order valence-electron chi connectivity index (χ3n) is 3.06. The SMILES string of the molecule is Cc1cccc(S(=O)(=O)NC2CCCNC2)c1F.Cl. The molecule has 2 N–H and O–H groups in total. The van der Waals surface area contributed by atoms with Gasteiger partial charge in [-0.25, -0.2) is 17.5 Å². The Labute approximate surface area is 119 Å². The van der Waals surface area contributed by atoms with Gasteiger partial charge < -0.3 is 5.32 Å².